The van der Waals surface area contributed by atoms with Crippen LogP contribution in [0.5, 0.6) is 0 Å². The number of aromatic nitrogens is 2. The summed E-state index contributed by atoms with van der Waals surface area (Å²) in [6, 6.07) is 41.7. The Morgan fingerprint density at radius 1 is 0.224 bits per heavy atom. The maximum absolute atomic E-state index is 2.83. The van der Waals surface area contributed by atoms with Crippen LogP contribution in [0.1, 0.15) is 0 Å². The normalized spacial score (nSPS) is 14.3. The number of hydrogen-bond acceptors (Lipinski definition) is 0. The van der Waals surface area contributed by atoms with Crippen LogP contribution in [0.25, 0.3) is 98.4 Å². The molecule has 0 N–H and O–H groups in total. The Hall–Kier alpha value is -4.12. The maximum atomic E-state index is 2.83. The van der Waals surface area contributed by atoms with Gasteiger partial charge >= 0.3 is 0 Å². The van der Waals surface area contributed by atoms with Gasteiger partial charge in [0.2, 0.25) is 0 Å². The summed E-state index contributed by atoms with van der Waals surface area (Å²) >= 11 is 0. The molecule has 0 spiro atoms. The van der Waals surface area contributed by atoms with Crippen molar-refractivity contribution in [3.8, 4) is 22.3 Å². The number of nitrogens with zero attached hydrogens (tertiary/aromatic N) is 2. The highest BCUT2D eigenvalue weighted by molar-refractivity contribution is 6.95. The number of benzene rings is 7. The minimum atomic E-state index is -1.93. The standard InChI is InChI=1S/C66H88N2Si8/c1-69(2,3)45-29-43(30-46(35-45)70(4,5)6)41-25-27-55-51(33-41)59-61-53-37-49(73(13,14)15)40-58(76(22,23)24)64(53)68-56-28-26-42(44-31-47(71(7,8)9)36-48(32-44)72(10,11)12)34-52(56)60(66(61)68)62-54-38-50(74(16,17)18)39-57(75(19,20)21)63(54)67(55)65(59)62/h25-40H,1-24H3. The smallest absolute Gasteiger partial charge is 0.0803 e. The van der Waals surface area contributed by atoms with E-state index < -0.39 is 64.6 Å². The van der Waals surface area contributed by atoms with Gasteiger partial charge in [0.15, 0.2) is 0 Å². The Morgan fingerprint density at radius 2 is 0.487 bits per heavy atom. The number of rotatable bonds is 10. The molecule has 0 aliphatic heterocycles. The lowest BCUT2D eigenvalue weighted by Gasteiger charge is -2.25. The van der Waals surface area contributed by atoms with Crippen molar-refractivity contribution in [3.63, 3.8) is 0 Å². The van der Waals surface area contributed by atoms with Crippen molar-refractivity contribution in [2.45, 2.75) is 157 Å². The molecule has 11 rings (SSSR count). The van der Waals surface area contributed by atoms with Gasteiger partial charge in [-0.2, -0.15) is 0 Å². The molecule has 0 saturated carbocycles. The molecule has 0 aliphatic rings. The van der Waals surface area contributed by atoms with Gasteiger partial charge in [-0.05, 0) is 56.9 Å². The highest BCUT2D eigenvalue weighted by atomic mass is 28.3. The molecule has 0 unspecified atom stereocenters. The van der Waals surface area contributed by atoms with Crippen molar-refractivity contribution < 1.29 is 0 Å². The Labute approximate surface area is 464 Å². The fourth-order valence-corrected chi connectivity index (χ4v) is 23.3. The predicted octanol–water partition coefficient (Wildman–Crippen LogP) is 15.7. The average Bonchev–Trinajstić information content (AvgIpc) is 4.05. The monoisotopic (exact) mass is 1130 g/mol. The average molecular weight is 1130 g/mol. The Balaban J connectivity index is 1.44. The summed E-state index contributed by atoms with van der Waals surface area (Å²) in [5.74, 6) is 0. The van der Waals surface area contributed by atoms with Crippen LogP contribution >= 0.6 is 0 Å². The van der Waals surface area contributed by atoms with E-state index in [4.69, 9.17) is 0 Å². The third-order valence-corrected chi connectivity index (χ3v) is 33.6. The van der Waals surface area contributed by atoms with Gasteiger partial charge in [-0.1, -0.05) is 261 Å². The van der Waals surface area contributed by atoms with E-state index in [1.807, 2.05) is 0 Å². The summed E-state index contributed by atoms with van der Waals surface area (Å²) in [5.41, 5.74) is 14.0. The summed E-state index contributed by atoms with van der Waals surface area (Å²) in [4.78, 5) is 0. The first-order valence-electron chi connectivity index (χ1n) is 28.6. The Bertz CT molecular complexity index is 3890. The molecule has 0 amide bonds. The van der Waals surface area contributed by atoms with E-state index in [1.165, 1.54) is 98.4 Å². The van der Waals surface area contributed by atoms with E-state index in [1.54, 1.807) is 41.5 Å². The zero-order chi connectivity index (χ0) is 55.5. The van der Waals surface area contributed by atoms with Gasteiger partial charge in [0.1, 0.15) is 0 Å². The Morgan fingerprint density at radius 3 is 0.750 bits per heavy atom. The maximum Gasteiger partial charge on any atom is 0.0803 e. The zero-order valence-electron chi connectivity index (χ0n) is 51.1. The molecule has 0 bridgehead atoms. The topological polar surface area (TPSA) is 8.82 Å². The van der Waals surface area contributed by atoms with E-state index in [2.05, 4.69) is 263 Å². The van der Waals surface area contributed by atoms with E-state index in [0.29, 0.717) is 0 Å². The minimum Gasteiger partial charge on any atom is -0.308 e. The summed E-state index contributed by atoms with van der Waals surface area (Å²) in [5, 5.41) is 24.2. The molecule has 394 valence electrons. The van der Waals surface area contributed by atoms with Crippen LogP contribution in [0.2, 0.25) is 157 Å². The second-order valence-electron chi connectivity index (χ2n) is 31.8. The van der Waals surface area contributed by atoms with E-state index >= 15 is 0 Å². The quantitative estimate of drug-likeness (QED) is 0.121. The molecular weight excluding hydrogens is 1050 g/mol. The molecule has 0 fully saturated rings. The first-order chi connectivity index (χ1) is 34.7. The molecule has 7 aromatic carbocycles. The molecule has 2 nitrogen and oxygen atoms in total. The van der Waals surface area contributed by atoms with Crippen molar-refractivity contribution in [1.82, 2.24) is 8.80 Å². The lowest BCUT2D eigenvalue weighted by molar-refractivity contribution is 1.37. The van der Waals surface area contributed by atoms with Gasteiger partial charge < -0.3 is 8.80 Å². The number of fused-ring (bicyclic) bond motifs is 14. The lowest BCUT2D eigenvalue weighted by atomic mass is 9.95. The van der Waals surface area contributed by atoms with Crippen LogP contribution in [0.4, 0.5) is 0 Å². The van der Waals surface area contributed by atoms with Gasteiger partial charge in [-0.3, -0.25) is 0 Å². The van der Waals surface area contributed by atoms with Crippen LogP contribution in [-0.4, -0.2) is 73.4 Å². The highest BCUT2D eigenvalue weighted by Gasteiger charge is 2.36. The van der Waals surface area contributed by atoms with Crippen LogP contribution in [-0.2, 0) is 0 Å². The SMILES string of the molecule is C[Si](C)(C)c1cc(-c2ccc3c(c2)c2c4c5cc([Si](C)(C)C)cc([Si](C)(C)C)c5n5c6ccc(-c7cc([Si](C)(C)C)cc([Si](C)(C)C)c7)cc6c(c6c7cc([Si](C)(C)C)cc([Si](C)(C)C)c7n3c26)c45)cc([Si](C)(C)C)c1. The summed E-state index contributed by atoms with van der Waals surface area (Å²) < 4.78 is 5.65. The van der Waals surface area contributed by atoms with Crippen LogP contribution in [0.15, 0.2) is 97.1 Å². The van der Waals surface area contributed by atoms with Gasteiger partial charge in [-0.15, -0.1) is 0 Å². The Kier molecular flexibility index (Phi) is 11.8. The van der Waals surface area contributed by atoms with Crippen molar-refractivity contribution in [1.29, 1.82) is 0 Å². The van der Waals surface area contributed by atoms with Crippen LogP contribution in [0.3, 0.4) is 0 Å². The molecule has 0 saturated heterocycles. The van der Waals surface area contributed by atoms with Gasteiger partial charge in [0.05, 0.1) is 97.7 Å². The molecule has 76 heavy (non-hydrogen) atoms. The number of hydrogen-bond donors (Lipinski definition) is 0. The molecule has 0 radical (unpaired) electrons. The van der Waals surface area contributed by atoms with Crippen molar-refractivity contribution >= 4 is 182 Å². The zero-order valence-corrected chi connectivity index (χ0v) is 59.1. The minimum absolute atomic E-state index is 1.35. The van der Waals surface area contributed by atoms with Gasteiger partial charge in [0, 0.05) is 43.1 Å². The second-order valence-corrected chi connectivity index (χ2v) is 72.3. The van der Waals surface area contributed by atoms with Crippen LogP contribution in [0, 0.1) is 0 Å². The molecule has 10 heteroatoms. The van der Waals surface area contributed by atoms with E-state index in [9.17, 15) is 0 Å². The first-order valence-corrected chi connectivity index (χ1v) is 56.6. The molecule has 0 aliphatic carbocycles. The molecular formula is C66H88N2Si8. The molecule has 4 heterocycles. The first kappa shape index (κ1) is 53.9. The third-order valence-electron chi connectivity index (χ3n) is 17.5. The summed E-state index contributed by atoms with van der Waals surface area (Å²) in [6.45, 7) is 61.3. The van der Waals surface area contributed by atoms with Crippen molar-refractivity contribution in [2.24, 2.45) is 0 Å². The highest BCUT2D eigenvalue weighted by Crippen LogP contribution is 2.52. The summed E-state index contributed by atoms with van der Waals surface area (Å²) in [6.07, 6.45) is 0. The molecule has 11 aromatic rings. The van der Waals surface area contributed by atoms with Gasteiger partial charge in [0.25, 0.3) is 0 Å². The van der Waals surface area contributed by atoms with E-state index in [0.717, 1.165) is 0 Å². The fourth-order valence-electron chi connectivity index (χ4n) is 12.6. The van der Waals surface area contributed by atoms with Crippen molar-refractivity contribution in [2.75, 3.05) is 0 Å². The van der Waals surface area contributed by atoms with E-state index in [-0.39, 0.29) is 0 Å². The molecule has 0 atom stereocenters. The largest absolute Gasteiger partial charge is 0.308 e. The predicted molar refractivity (Wildman–Crippen MR) is 370 cm³/mol. The van der Waals surface area contributed by atoms with Gasteiger partial charge in [-0.25, -0.2) is 0 Å². The van der Waals surface area contributed by atoms with Crippen LogP contribution < -0.4 is 41.5 Å². The van der Waals surface area contributed by atoms with Crippen molar-refractivity contribution in [3.05, 3.63) is 97.1 Å². The fraction of sp³-hybridized carbons (Fsp3) is 0.364. The second kappa shape index (κ2) is 16.7. The molecule has 4 aromatic heterocycles. The lowest BCUT2D eigenvalue weighted by Crippen LogP contribution is -2.45. The third kappa shape index (κ3) is 8.47. The summed E-state index contributed by atoms with van der Waals surface area (Å²) in [7, 11) is -14.0.